The van der Waals surface area contributed by atoms with Crippen molar-refractivity contribution in [3.63, 3.8) is 0 Å². The number of nitrogens with zero attached hydrogens (tertiary/aromatic N) is 5. The monoisotopic (exact) mass is 383 g/mol. The summed E-state index contributed by atoms with van der Waals surface area (Å²) in [4.78, 5) is 14.4. The van der Waals surface area contributed by atoms with Crippen molar-refractivity contribution in [2.45, 2.75) is 17.3 Å². The molecule has 0 aliphatic carbocycles. The third kappa shape index (κ3) is 4.28. The third-order valence-corrected chi connectivity index (χ3v) is 5.00. The van der Waals surface area contributed by atoms with Crippen LogP contribution in [-0.4, -0.2) is 51.7 Å². The van der Waals surface area contributed by atoms with Gasteiger partial charge in [-0.15, -0.1) is 5.10 Å². The predicted molar refractivity (Wildman–Crippen MR) is 104 cm³/mol. The quantitative estimate of drug-likeness (QED) is 0.584. The van der Waals surface area contributed by atoms with E-state index in [0.29, 0.717) is 17.5 Å². The van der Waals surface area contributed by atoms with Crippen LogP contribution in [0.2, 0.25) is 0 Å². The summed E-state index contributed by atoms with van der Waals surface area (Å²) in [6.45, 7) is 2.46. The summed E-state index contributed by atoms with van der Waals surface area (Å²) < 4.78 is 7.30. The Bertz CT molecular complexity index is 898. The molecule has 0 saturated carbocycles. The molecule has 0 fully saturated rings. The number of thioether (sulfide) groups is 1. The highest BCUT2D eigenvalue weighted by molar-refractivity contribution is 8.00. The van der Waals surface area contributed by atoms with Crippen LogP contribution in [0, 0.1) is 0 Å². The molecule has 8 heteroatoms. The molecule has 0 spiro atoms. The molecule has 1 unspecified atom stereocenters. The lowest BCUT2D eigenvalue weighted by molar-refractivity contribution is -0.128. The molecule has 0 saturated heterocycles. The average molecular weight is 383 g/mol. The minimum atomic E-state index is -0.454. The van der Waals surface area contributed by atoms with Gasteiger partial charge < -0.3 is 9.64 Å². The number of tetrazole rings is 1. The van der Waals surface area contributed by atoms with Gasteiger partial charge in [0.05, 0.1) is 6.61 Å². The molecule has 0 radical (unpaired) electrons. The molecule has 140 valence electrons. The van der Waals surface area contributed by atoms with Crippen LogP contribution in [0.15, 0.2) is 59.8 Å². The Morgan fingerprint density at radius 3 is 2.56 bits per heavy atom. The van der Waals surface area contributed by atoms with Gasteiger partial charge >= 0.3 is 0 Å². The molecule has 0 N–H and O–H groups in total. The van der Waals surface area contributed by atoms with Gasteiger partial charge in [-0.3, -0.25) is 4.79 Å². The number of benzene rings is 2. The fourth-order valence-corrected chi connectivity index (χ4v) is 3.68. The van der Waals surface area contributed by atoms with E-state index in [1.807, 2.05) is 61.5 Å². The Kier molecular flexibility index (Phi) is 6.08. The van der Waals surface area contributed by atoms with Crippen molar-refractivity contribution < 1.29 is 9.53 Å². The summed E-state index contributed by atoms with van der Waals surface area (Å²) in [5, 5.41) is 12.1. The fourth-order valence-electron chi connectivity index (χ4n) is 2.54. The van der Waals surface area contributed by atoms with Crippen LogP contribution in [-0.2, 0) is 4.79 Å². The van der Waals surface area contributed by atoms with Crippen LogP contribution in [0.3, 0.4) is 0 Å². The molecule has 0 aliphatic heterocycles. The van der Waals surface area contributed by atoms with E-state index in [4.69, 9.17) is 4.74 Å². The van der Waals surface area contributed by atoms with Crippen molar-refractivity contribution >= 4 is 17.7 Å². The number of likely N-dealkylation sites (N-methyl/N-ethyl adjacent to an activating group) is 1. The number of hydrogen-bond donors (Lipinski definition) is 0. The predicted octanol–water partition coefficient (Wildman–Crippen LogP) is 2.98. The minimum absolute atomic E-state index is 0.0288. The fraction of sp³-hybridized carbons (Fsp3) is 0.263. The second-order valence-corrected chi connectivity index (χ2v) is 6.99. The van der Waals surface area contributed by atoms with E-state index >= 15 is 0 Å². The van der Waals surface area contributed by atoms with Crippen molar-refractivity contribution in [2.75, 3.05) is 20.7 Å². The molecule has 1 atom stereocenters. The second-order valence-electron chi connectivity index (χ2n) is 5.92. The van der Waals surface area contributed by atoms with Gasteiger partial charge in [0, 0.05) is 14.1 Å². The molecular weight excluding hydrogens is 362 g/mol. The topological polar surface area (TPSA) is 73.1 Å². The standard InChI is InChI=1S/C19H21N5O2S/c1-4-26-16-13-9-8-12-15(16)24-19(20-21-22-24)27-17(18(25)23(2)3)14-10-6-5-7-11-14/h5-13,17H,4H2,1-3H3. The smallest absolute Gasteiger partial charge is 0.240 e. The van der Waals surface area contributed by atoms with Gasteiger partial charge in [0.25, 0.3) is 0 Å². The summed E-state index contributed by atoms with van der Waals surface area (Å²) in [6.07, 6.45) is 0. The molecule has 27 heavy (non-hydrogen) atoms. The molecule has 1 heterocycles. The lowest BCUT2D eigenvalue weighted by Gasteiger charge is -2.20. The van der Waals surface area contributed by atoms with Gasteiger partial charge in [-0.2, -0.15) is 4.68 Å². The van der Waals surface area contributed by atoms with Gasteiger partial charge in [-0.1, -0.05) is 54.2 Å². The van der Waals surface area contributed by atoms with E-state index in [1.54, 1.807) is 23.7 Å². The minimum Gasteiger partial charge on any atom is -0.492 e. The molecular formula is C19H21N5O2S. The molecule has 2 aromatic carbocycles. The van der Waals surface area contributed by atoms with Crippen LogP contribution < -0.4 is 4.74 Å². The summed E-state index contributed by atoms with van der Waals surface area (Å²) >= 11 is 1.31. The van der Waals surface area contributed by atoms with E-state index in [9.17, 15) is 4.79 Å². The highest BCUT2D eigenvalue weighted by Gasteiger charge is 2.27. The number of amides is 1. The van der Waals surface area contributed by atoms with E-state index in [0.717, 1.165) is 11.3 Å². The first-order chi connectivity index (χ1) is 13.1. The van der Waals surface area contributed by atoms with Crippen molar-refractivity contribution in [3.8, 4) is 11.4 Å². The molecule has 0 aliphatic rings. The Labute approximate surface area is 162 Å². The van der Waals surface area contributed by atoms with E-state index in [1.165, 1.54) is 11.8 Å². The van der Waals surface area contributed by atoms with Crippen molar-refractivity contribution in [2.24, 2.45) is 0 Å². The molecule has 1 amide bonds. The molecule has 3 aromatic rings. The Morgan fingerprint density at radius 2 is 1.85 bits per heavy atom. The first kappa shape index (κ1) is 18.9. The number of para-hydroxylation sites is 2. The summed E-state index contributed by atoms with van der Waals surface area (Å²) in [5.41, 5.74) is 1.63. The van der Waals surface area contributed by atoms with Gasteiger partial charge in [-0.05, 0) is 35.0 Å². The first-order valence-corrected chi connectivity index (χ1v) is 9.43. The maximum Gasteiger partial charge on any atom is 0.240 e. The zero-order valence-corrected chi connectivity index (χ0v) is 16.3. The number of carbonyl (C=O) groups excluding carboxylic acids is 1. The lowest BCUT2D eigenvalue weighted by Crippen LogP contribution is -2.27. The van der Waals surface area contributed by atoms with Gasteiger partial charge in [0.15, 0.2) is 0 Å². The maximum absolute atomic E-state index is 12.8. The molecule has 0 bridgehead atoms. The summed E-state index contributed by atoms with van der Waals surface area (Å²) in [6, 6.07) is 17.2. The van der Waals surface area contributed by atoms with E-state index in [-0.39, 0.29) is 5.91 Å². The number of aromatic nitrogens is 4. The van der Waals surface area contributed by atoms with Gasteiger partial charge in [0.1, 0.15) is 16.7 Å². The van der Waals surface area contributed by atoms with Gasteiger partial charge in [0.2, 0.25) is 11.1 Å². The van der Waals surface area contributed by atoms with Crippen LogP contribution >= 0.6 is 11.8 Å². The maximum atomic E-state index is 12.8. The summed E-state index contributed by atoms with van der Waals surface area (Å²) in [5.74, 6) is 0.656. The van der Waals surface area contributed by atoms with E-state index in [2.05, 4.69) is 15.5 Å². The van der Waals surface area contributed by atoms with Crippen LogP contribution in [0.1, 0.15) is 17.7 Å². The van der Waals surface area contributed by atoms with Crippen LogP contribution in [0.4, 0.5) is 0 Å². The highest BCUT2D eigenvalue weighted by Crippen LogP contribution is 2.36. The van der Waals surface area contributed by atoms with E-state index < -0.39 is 5.25 Å². The summed E-state index contributed by atoms with van der Waals surface area (Å²) in [7, 11) is 3.48. The zero-order chi connectivity index (χ0) is 19.2. The average Bonchev–Trinajstić information content (AvgIpc) is 3.15. The lowest BCUT2D eigenvalue weighted by atomic mass is 10.1. The number of ether oxygens (including phenoxy) is 1. The SMILES string of the molecule is CCOc1ccccc1-n1nnnc1SC(C(=O)N(C)C)c1ccccc1. The number of rotatable bonds is 7. The Balaban J connectivity index is 1.98. The number of hydrogen-bond acceptors (Lipinski definition) is 6. The van der Waals surface area contributed by atoms with Crippen LogP contribution in [0.25, 0.3) is 5.69 Å². The first-order valence-electron chi connectivity index (χ1n) is 8.55. The largest absolute Gasteiger partial charge is 0.492 e. The molecule has 1 aromatic heterocycles. The van der Waals surface area contributed by atoms with Crippen molar-refractivity contribution in [1.82, 2.24) is 25.1 Å². The second kappa shape index (κ2) is 8.68. The highest BCUT2D eigenvalue weighted by atomic mass is 32.2. The Hall–Kier alpha value is -2.87. The van der Waals surface area contributed by atoms with Crippen molar-refractivity contribution in [3.05, 3.63) is 60.2 Å². The number of carbonyl (C=O) groups is 1. The van der Waals surface area contributed by atoms with Crippen molar-refractivity contribution in [1.29, 1.82) is 0 Å². The third-order valence-electron chi connectivity index (χ3n) is 3.82. The molecule has 7 nitrogen and oxygen atoms in total. The zero-order valence-electron chi connectivity index (χ0n) is 15.4. The van der Waals surface area contributed by atoms with Gasteiger partial charge in [-0.25, -0.2) is 0 Å². The normalized spacial score (nSPS) is 11.8. The Morgan fingerprint density at radius 1 is 1.15 bits per heavy atom. The molecule has 3 rings (SSSR count). The van der Waals surface area contributed by atoms with Crippen LogP contribution in [0.5, 0.6) is 5.75 Å².